The van der Waals surface area contributed by atoms with Crippen molar-refractivity contribution in [3.8, 4) is 17.1 Å². The molecule has 1 aromatic carbocycles. The molecule has 8 nitrogen and oxygen atoms in total. The van der Waals surface area contributed by atoms with Crippen LogP contribution in [0.4, 0.5) is 13.2 Å². The van der Waals surface area contributed by atoms with Crippen LogP contribution in [0.15, 0.2) is 42.7 Å². The third-order valence-corrected chi connectivity index (χ3v) is 6.61. The predicted octanol–water partition coefficient (Wildman–Crippen LogP) is 4.61. The predicted molar refractivity (Wildman–Crippen MR) is 135 cm³/mol. The molecule has 5 rings (SSSR count). The Balaban J connectivity index is 1.52. The largest absolute Gasteiger partial charge is 0.480 e. The molecule has 0 N–H and O–H groups in total. The molecular formula is C27H25F3N6O2. The molecule has 3 aromatic heterocycles. The Hall–Kier alpha value is -4.28. The maximum Gasteiger partial charge on any atom is 0.433 e. The third kappa shape index (κ3) is 4.48. The SMILES string of the molecule is CCc1nc2c(c(C(F)(F)F)n1)CCN(C(=O)/C=C/c1c(-c3ccccc3)n(C)c3ncnc(OC)c13)C2. The lowest BCUT2D eigenvalue weighted by Gasteiger charge is -2.29. The number of aromatic nitrogens is 5. The van der Waals surface area contributed by atoms with Gasteiger partial charge in [0.1, 0.15) is 17.8 Å². The first kappa shape index (κ1) is 25.4. The summed E-state index contributed by atoms with van der Waals surface area (Å²) < 4.78 is 48.3. The minimum Gasteiger partial charge on any atom is -0.480 e. The van der Waals surface area contributed by atoms with Crippen molar-refractivity contribution >= 4 is 23.0 Å². The van der Waals surface area contributed by atoms with Crippen LogP contribution in [0.3, 0.4) is 0 Å². The molecule has 0 saturated heterocycles. The molecule has 4 heterocycles. The Morgan fingerprint density at radius 3 is 2.61 bits per heavy atom. The van der Waals surface area contributed by atoms with E-state index in [9.17, 15) is 18.0 Å². The van der Waals surface area contributed by atoms with E-state index < -0.39 is 11.9 Å². The fraction of sp³-hybridized carbons (Fsp3) is 0.296. The summed E-state index contributed by atoms with van der Waals surface area (Å²) in [6.45, 7) is 1.80. The molecule has 0 aliphatic carbocycles. The number of hydrogen-bond acceptors (Lipinski definition) is 6. The first-order valence-electron chi connectivity index (χ1n) is 12.1. The number of ether oxygens (including phenoxy) is 1. The molecule has 0 spiro atoms. The zero-order valence-corrected chi connectivity index (χ0v) is 21.1. The minimum atomic E-state index is -4.58. The number of halogens is 3. The van der Waals surface area contributed by atoms with E-state index >= 15 is 0 Å². The standard InChI is InChI=1S/C27H25F3N6O2/c1-4-20-33-19-14-36(13-12-17(19)24(34-20)27(28,29)30)21(37)11-10-18-22-25(31-15-32-26(22)38-3)35(2)23(18)16-8-6-5-7-9-16/h5-11,15H,4,12-14H2,1-3H3/b11-10+. The lowest BCUT2D eigenvalue weighted by atomic mass is 10.0. The van der Waals surface area contributed by atoms with Crippen LogP contribution in [0, 0.1) is 0 Å². The number of benzene rings is 1. The normalized spacial score (nSPS) is 13.8. The van der Waals surface area contributed by atoms with Gasteiger partial charge in [-0.3, -0.25) is 4.79 Å². The van der Waals surface area contributed by atoms with Gasteiger partial charge in [0.2, 0.25) is 11.8 Å². The number of carbonyl (C=O) groups excluding carboxylic acids is 1. The second-order valence-corrected chi connectivity index (χ2v) is 8.88. The van der Waals surface area contributed by atoms with Crippen molar-refractivity contribution in [3.05, 3.63) is 71.1 Å². The van der Waals surface area contributed by atoms with Gasteiger partial charge in [-0.25, -0.2) is 19.9 Å². The topological polar surface area (TPSA) is 86.0 Å². The molecule has 1 amide bonds. The maximum atomic E-state index is 13.6. The fourth-order valence-corrected chi connectivity index (χ4v) is 4.84. The van der Waals surface area contributed by atoms with E-state index in [-0.39, 0.29) is 48.9 Å². The zero-order chi connectivity index (χ0) is 27.0. The van der Waals surface area contributed by atoms with Crippen LogP contribution in [0.5, 0.6) is 5.88 Å². The van der Waals surface area contributed by atoms with E-state index in [1.165, 1.54) is 24.4 Å². The van der Waals surface area contributed by atoms with Crippen LogP contribution in [-0.2, 0) is 37.4 Å². The molecule has 1 aliphatic rings. The van der Waals surface area contributed by atoms with Gasteiger partial charge in [-0.05, 0) is 18.1 Å². The first-order chi connectivity index (χ1) is 18.2. The van der Waals surface area contributed by atoms with Crippen molar-refractivity contribution in [1.29, 1.82) is 0 Å². The number of hydrogen-bond donors (Lipinski definition) is 0. The number of alkyl halides is 3. The van der Waals surface area contributed by atoms with Crippen molar-refractivity contribution in [2.75, 3.05) is 13.7 Å². The molecule has 0 fully saturated rings. The van der Waals surface area contributed by atoms with Crippen molar-refractivity contribution in [3.63, 3.8) is 0 Å². The van der Waals surface area contributed by atoms with Crippen molar-refractivity contribution in [2.45, 2.75) is 32.5 Å². The Kier molecular flexibility index (Phi) is 6.60. The number of amides is 1. The number of aryl methyl sites for hydroxylation is 2. The fourth-order valence-electron chi connectivity index (χ4n) is 4.84. The molecular weight excluding hydrogens is 497 g/mol. The molecule has 1 aliphatic heterocycles. The van der Waals surface area contributed by atoms with E-state index in [2.05, 4.69) is 19.9 Å². The Morgan fingerprint density at radius 1 is 1.16 bits per heavy atom. The maximum absolute atomic E-state index is 13.6. The van der Waals surface area contributed by atoms with Crippen LogP contribution < -0.4 is 4.74 Å². The first-order valence-corrected chi connectivity index (χ1v) is 12.1. The number of methoxy groups -OCH3 is 1. The van der Waals surface area contributed by atoms with Crippen molar-refractivity contribution in [2.24, 2.45) is 7.05 Å². The number of rotatable bonds is 5. The van der Waals surface area contributed by atoms with Gasteiger partial charge in [0.05, 0.1) is 30.4 Å². The summed E-state index contributed by atoms with van der Waals surface area (Å²) in [6.07, 6.45) is 0.238. The van der Waals surface area contributed by atoms with Crippen LogP contribution >= 0.6 is 0 Å². The highest BCUT2D eigenvalue weighted by atomic mass is 19.4. The molecule has 0 saturated carbocycles. The van der Waals surface area contributed by atoms with E-state index in [0.29, 0.717) is 22.5 Å². The van der Waals surface area contributed by atoms with Crippen LogP contribution in [-0.4, -0.2) is 49.0 Å². The highest BCUT2D eigenvalue weighted by molar-refractivity contribution is 6.02. The van der Waals surface area contributed by atoms with Gasteiger partial charge in [0, 0.05) is 37.2 Å². The average Bonchev–Trinajstić information content (AvgIpc) is 3.22. The number of fused-ring (bicyclic) bond motifs is 2. The molecule has 0 bridgehead atoms. The van der Waals surface area contributed by atoms with Gasteiger partial charge in [-0.15, -0.1) is 0 Å². The summed E-state index contributed by atoms with van der Waals surface area (Å²) in [6, 6.07) is 9.66. The Labute approximate surface area is 216 Å². The van der Waals surface area contributed by atoms with Gasteiger partial charge < -0.3 is 14.2 Å². The number of nitrogens with zero attached hydrogens (tertiary/aromatic N) is 6. The van der Waals surface area contributed by atoms with Crippen molar-refractivity contribution < 1.29 is 22.7 Å². The molecule has 11 heteroatoms. The summed E-state index contributed by atoms with van der Waals surface area (Å²) in [7, 11) is 3.39. The van der Waals surface area contributed by atoms with Crippen LogP contribution in [0.25, 0.3) is 28.4 Å². The Morgan fingerprint density at radius 2 is 1.92 bits per heavy atom. The van der Waals surface area contributed by atoms with Gasteiger partial charge >= 0.3 is 6.18 Å². The molecule has 38 heavy (non-hydrogen) atoms. The summed E-state index contributed by atoms with van der Waals surface area (Å²) in [5.74, 6) is 0.138. The molecule has 4 aromatic rings. The lowest BCUT2D eigenvalue weighted by molar-refractivity contribution is -0.142. The van der Waals surface area contributed by atoms with Gasteiger partial charge in [-0.2, -0.15) is 13.2 Å². The van der Waals surface area contributed by atoms with E-state index in [1.54, 1.807) is 13.0 Å². The van der Waals surface area contributed by atoms with Crippen LogP contribution in [0.1, 0.15) is 35.3 Å². The second kappa shape index (κ2) is 9.88. The van der Waals surface area contributed by atoms with E-state index in [0.717, 1.165) is 11.3 Å². The second-order valence-electron chi connectivity index (χ2n) is 8.88. The number of carbonyl (C=O) groups is 1. The van der Waals surface area contributed by atoms with Gasteiger partial charge in [0.15, 0.2) is 5.69 Å². The third-order valence-electron chi connectivity index (χ3n) is 6.61. The highest BCUT2D eigenvalue weighted by Gasteiger charge is 2.39. The van der Waals surface area contributed by atoms with Crippen LogP contribution in [0.2, 0.25) is 0 Å². The summed E-state index contributed by atoms with van der Waals surface area (Å²) in [4.78, 5) is 31.5. The lowest BCUT2D eigenvalue weighted by Crippen LogP contribution is -2.37. The van der Waals surface area contributed by atoms with Crippen molar-refractivity contribution in [1.82, 2.24) is 29.4 Å². The quantitative estimate of drug-likeness (QED) is 0.356. The summed E-state index contributed by atoms with van der Waals surface area (Å²) >= 11 is 0. The molecule has 0 unspecified atom stereocenters. The molecule has 0 atom stereocenters. The zero-order valence-electron chi connectivity index (χ0n) is 21.1. The smallest absolute Gasteiger partial charge is 0.433 e. The van der Waals surface area contributed by atoms with E-state index in [4.69, 9.17) is 4.74 Å². The minimum absolute atomic E-state index is 0.0232. The van der Waals surface area contributed by atoms with Gasteiger partial charge in [0.25, 0.3) is 0 Å². The summed E-state index contributed by atoms with van der Waals surface area (Å²) in [5.41, 5.74) is 2.47. The average molecular weight is 523 g/mol. The van der Waals surface area contributed by atoms with Gasteiger partial charge in [-0.1, -0.05) is 37.3 Å². The summed E-state index contributed by atoms with van der Waals surface area (Å²) in [5, 5.41) is 0.652. The van der Waals surface area contributed by atoms with E-state index in [1.807, 2.05) is 41.9 Å². The monoisotopic (exact) mass is 522 g/mol. The Bertz CT molecular complexity index is 1550. The molecule has 196 valence electrons. The highest BCUT2D eigenvalue weighted by Crippen LogP contribution is 2.37. The molecule has 0 radical (unpaired) electrons.